The Morgan fingerprint density at radius 3 is 1.07 bits per heavy atom. The van der Waals surface area contributed by atoms with E-state index >= 15 is 0 Å². The molecule has 0 saturated carbocycles. The fourth-order valence-electron chi connectivity index (χ4n) is 6.39. The second-order valence-electron chi connectivity index (χ2n) is 13.4. The minimum Gasteiger partial charge on any atom is -0.398 e. The van der Waals surface area contributed by atoms with Crippen LogP contribution in [0.2, 0.25) is 10.1 Å². The average molecular weight is 607 g/mol. The lowest BCUT2D eigenvalue weighted by atomic mass is 10.1. The first-order valence-corrected chi connectivity index (χ1v) is 18.9. The maximum absolute atomic E-state index is 11.5. The van der Waals surface area contributed by atoms with Gasteiger partial charge in [0.05, 0.1) is 6.10 Å². The van der Waals surface area contributed by atoms with E-state index < -0.39 is 34.9 Å². The third-order valence-electron chi connectivity index (χ3n) is 8.39. The topological polar surface area (TPSA) is 38.7 Å². The third kappa shape index (κ3) is 6.36. The Kier molecular flexibility index (Phi) is 10.0. The van der Waals surface area contributed by atoms with Gasteiger partial charge < -0.3 is 14.0 Å². The number of aliphatic hydroxyl groups excluding tert-OH is 1. The summed E-state index contributed by atoms with van der Waals surface area (Å²) in [7, 11) is -6.09. The molecule has 0 amide bonds. The van der Waals surface area contributed by atoms with Crippen LogP contribution in [0.15, 0.2) is 121 Å². The van der Waals surface area contributed by atoms with E-state index in [2.05, 4.69) is 145 Å². The molecule has 0 fully saturated rings. The van der Waals surface area contributed by atoms with E-state index in [4.69, 9.17) is 15.3 Å². The van der Waals surface area contributed by atoms with Gasteiger partial charge in [0.1, 0.15) is 12.2 Å². The molecule has 0 aliphatic heterocycles. The number of benzene rings is 4. The van der Waals surface area contributed by atoms with Gasteiger partial charge in [-0.3, -0.25) is 0 Å². The highest BCUT2D eigenvalue weighted by Gasteiger charge is 2.56. The average Bonchev–Trinajstić information content (AvgIpc) is 2.99. The van der Waals surface area contributed by atoms with Crippen LogP contribution in [0.25, 0.3) is 0 Å². The molecule has 0 aliphatic carbocycles. The predicted molar refractivity (Wildman–Crippen MR) is 186 cm³/mol. The number of hydrogen-bond acceptors (Lipinski definition) is 3. The van der Waals surface area contributed by atoms with E-state index in [0.717, 1.165) is 20.7 Å². The van der Waals surface area contributed by atoms with Gasteiger partial charge in [-0.25, -0.2) is 0 Å². The number of terminal acetylenes is 1. The van der Waals surface area contributed by atoms with E-state index in [1.54, 1.807) is 6.92 Å². The summed E-state index contributed by atoms with van der Waals surface area (Å²) in [6, 6.07) is 41.8. The zero-order valence-corrected chi connectivity index (χ0v) is 28.6. The lowest BCUT2D eigenvalue weighted by Gasteiger charge is -2.49. The van der Waals surface area contributed by atoms with Crippen LogP contribution in [0.3, 0.4) is 0 Å². The summed E-state index contributed by atoms with van der Waals surface area (Å²) in [4.78, 5) is 0. The van der Waals surface area contributed by atoms with E-state index in [0.29, 0.717) is 0 Å². The Bertz CT molecular complexity index is 1390. The van der Waals surface area contributed by atoms with Crippen LogP contribution in [0.1, 0.15) is 48.5 Å². The van der Waals surface area contributed by atoms with Gasteiger partial charge in [0.15, 0.2) is 0 Å². The minimum absolute atomic E-state index is 0.286. The summed E-state index contributed by atoms with van der Waals surface area (Å²) in [5.74, 6) is 2.98. The van der Waals surface area contributed by atoms with Crippen molar-refractivity contribution in [2.24, 2.45) is 0 Å². The molecule has 0 bridgehead atoms. The molecule has 3 nitrogen and oxygen atoms in total. The molecule has 0 heterocycles. The lowest BCUT2D eigenvalue weighted by Crippen LogP contribution is -2.71. The van der Waals surface area contributed by atoms with Gasteiger partial charge in [-0.15, -0.1) is 6.42 Å². The molecule has 3 atom stereocenters. The monoisotopic (exact) mass is 606 g/mol. The fraction of sp³-hybridized carbons (Fsp3) is 0.316. The van der Waals surface area contributed by atoms with Crippen LogP contribution in [0.5, 0.6) is 0 Å². The molecule has 43 heavy (non-hydrogen) atoms. The van der Waals surface area contributed by atoms with E-state index in [1.165, 1.54) is 0 Å². The van der Waals surface area contributed by atoms with Crippen molar-refractivity contribution in [2.75, 3.05) is 0 Å². The summed E-state index contributed by atoms with van der Waals surface area (Å²) in [5.41, 5.74) is 0. The summed E-state index contributed by atoms with van der Waals surface area (Å²) in [6.45, 7) is 15.1. The first-order valence-electron chi connectivity index (χ1n) is 15.1. The van der Waals surface area contributed by atoms with Crippen molar-refractivity contribution in [3.05, 3.63) is 121 Å². The summed E-state index contributed by atoms with van der Waals surface area (Å²) >= 11 is 0. The van der Waals surface area contributed by atoms with Crippen LogP contribution >= 0.6 is 0 Å². The second kappa shape index (κ2) is 13.2. The van der Waals surface area contributed by atoms with Crippen LogP contribution in [-0.4, -0.2) is 40.1 Å². The molecule has 4 rings (SSSR count). The summed E-state index contributed by atoms with van der Waals surface area (Å²) in [5, 5.41) is 15.4. The molecule has 0 spiro atoms. The van der Waals surface area contributed by atoms with Crippen molar-refractivity contribution < 1.29 is 14.0 Å². The molecule has 0 radical (unpaired) electrons. The van der Waals surface area contributed by atoms with Crippen molar-refractivity contribution in [1.82, 2.24) is 0 Å². The largest absolute Gasteiger partial charge is 0.398 e. The molecule has 0 unspecified atom stereocenters. The van der Waals surface area contributed by atoms with Crippen molar-refractivity contribution in [3.63, 3.8) is 0 Å². The van der Waals surface area contributed by atoms with Gasteiger partial charge in [0.2, 0.25) is 0 Å². The SMILES string of the molecule is C#C[C@@H](O[Si](c1ccccc1)(c1ccccc1)C(C)(C)C)[C@H](O[Si](c1ccccc1)(c1ccccc1)C(C)(C)C)[C@@H](C)O. The first-order chi connectivity index (χ1) is 20.4. The van der Waals surface area contributed by atoms with E-state index in [9.17, 15) is 5.11 Å². The molecule has 1 N–H and O–H groups in total. The Hall–Kier alpha value is -3.25. The fourth-order valence-corrected chi connectivity index (χ4v) is 15.7. The molecule has 4 aromatic rings. The van der Waals surface area contributed by atoms with Gasteiger partial charge >= 0.3 is 0 Å². The third-order valence-corrected chi connectivity index (χ3v) is 18.4. The van der Waals surface area contributed by atoms with Crippen LogP contribution in [0, 0.1) is 12.3 Å². The van der Waals surface area contributed by atoms with Gasteiger partial charge in [-0.1, -0.05) is 169 Å². The lowest BCUT2D eigenvalue weighted by molar-refractivity contribution is -0.0133. The second-order valence-corrected chi connectivity index (χ2v) is 21.9. The minimum atomic E-state index is -3.05. The number of rotatable bonds is 10. The van der Waals surface area contributed by atoms with Crippen LogP contribution < -0.4 is 20.7 Å². The number of aliphatic hydroxyl groups is 1. The van der Waals surface area contributed by atoms with Crippen LogP contribution in [0.4, 0.5) is 0 Å². The van der Waals surface area contributed by atoms with Crippen molar-refractivity contribution in [1.29, 1.82) is 0 Å². The van der Waals surface area contributed by atoms with E-state index in [1.807, 2.05) is 24.3 Å². The molecular weight excluding hydrogens is 561 g/mol. The first kappa shape index (κ1) is 32.7. The zero-order chi connectivity index (χ0) is 31.3. The Balaban J connectivity index is 1.94. The molecule has 224 valence electrons. The molecule has 5 heteroatoms. The highest BCUT2D eigenvalue weighted by atomic mass is 28.4. The maximum Gasteiger partial charge on any atom is 0.262 e. The molecular formula is C38H46O3Si2. The smallest absolute Gasteiger partial charge is 0.262 e. The van der Waals surface area contributed by atoms with Gasteiger partial charge in [-0.2, -0.15) is 0 Å². The Morgan fingerprint density at radius 2 is 0.837 bits per heavy atom. The standard InChI is InChI=1S/C38H46O3Si2/c1-9-35(40-42(37(3,4)5,31-22-14-10-15-23-31)32-24-16-11-17-25-32)36(30(2)39)41-43(38(6,7)8,33-26-18-12-19-27-33)34-28-20-13-21-29-34/h1,10-30,35-36,39H,2-8H3/t30-,35-,36-/m1/s1. The van der Waals surface area contributed by atoms with Gasteiger partial charge in [0, 0.05) is 0 Å². The van der Waals surface area contributed by atoms with Crippen molar-refractivity contribution in [3.8, 4) is 12.3 Å². The molecule has 4 aromatic carbocycles. The highest BCUT2D eigenvalue weighted by molar-refractivity contribution is 7.00. The predicted octanol–water partition coefficient (Wildman–Crippen LogP) is 5.89. The maximum atomic E-state index is 11.5. The van der Waals surface area contributed by atoms with Gasteiger partial charge in [0.25, 0.3) is 16.6 Å². The van der Waals surface area contributed by atoms with E-state index in [-0.39, 0.29) is 10.1 Å². The van der Waals surface area contributed by atoms with Crippen molar-refractivity contribution in [2.45, 2.75) is 76.9 Å². The molecule has 0 saturated heterocycles. The molecule has 0 aliphatic rings. The Morgan fingerprint density at radius 1 is 0.558 bits per heavy atom. The summed E-state index contributed by atoms with van der Waals surface area (Å²) in [6.07, 6.45) is 3.92. The zero-order valence-electron chi connectivity index (χ0n) is 26.6. The Labute approximate surface area is 261 Å². The van der Waals surface area contributed by atoms with Gasteiger partial charge in [-0.05, 0) is 37.7 Å². The molecule has 0 aromatic heterocycles. The normalized spacial score (nSPS) is 14.9. The van der Waals surface area contributed by atoms with Crippen molar-refractivity contribution >= 4 is 37.4 Å². The number of hydrogen-bond donors (Lipinski definition) is 1. The van der Waals surface area contributed by atoms with Crippen LogP contribution in [-0.2, 0) is 8.85 Å². The highest BCUT2D eigenvalue weighted by Crippen LogP contribution is 2.41. The quantitative estimate of drug-likeness (QED) is 0.181. The summed E-state index contributed by atoms with van der Waals surface area (Å²) < 4.78 is 14.9.